The number of aromatic nitrogens is 1. The summed E-state index contributed by atoms with van der Waals surface area (Å²) in [7, 11) is 0. The van der Waals surface area contributed by atoms with Crippen molar-refractivity contribution < 1.29 is 22.8 Å². The molecule has 1 aliphatic carbocycles. The maximum Gasteiger partial charge on any atom is 0.267 e. The summed E-state index contributed by atoms with van der Waals surface area (Å²) in [5, 5.41) is 2.55. The summed E-state index contributed by atoms with van der Waals surface area (Å²) in [4.78, 5) is 24.8. The van der Waals surface area contributed by atoms with Crippen LogP contribution in [0.3, 0.4) is 0 Å². The predicted molar refractivity (Wildman–Crippen MR) is 117 cm³/mol. The maximum absolute atomic E-state index is 14.7. The average Bonchev–Trinajstić information content (AvgIpc) is 3.15. The second-order valence-electron chi connectivity index (χ2n) is 8.31. The highest BCUT2D eigenvalue weighted by Crippen LogP contribution is 2.34. The molecule has 1 N–H and O–H groups in total. The molecule has 0 spiro atoms. The first kappa shape index (κ1) is 22.1. The van der Waals surface area contributed by atoms with E-state index in [2.05, 4.69) is 5.32 Å². The minimum Gasteiger partial charge on any atom is -0.343 e. The van der Waals surface area contributed by atoms with Crippen molar-refractivity contribution in [3.8, 4) is 0 Å². The van der Waals surface area contributed by atoms with Gasteiger partial charge in [0, 0.05) is 36.5 Å². The van der Waals surface area contributed by atoms with Crippen LogP contribution >= 0.6 is 0 Å². The molecule has 1 amide bonds. The number of nitrogens with zero attached hydrogens (tertiary/aromatic N) is 1. The Morgan fingerprint density at radius 1 is 1.12 bits per heavy atom. The second kappa shape index (κ2) is 8.81. The van der Waals surface area contributed by atoms with Crippen LogP contribution in [0.1, 0.15) is 65.3 Å². The molecule has 4 rings (SSSR count). The number of amides is 1. The smallest absolute Gasteiger partial charge is 0.267 e. The zero-order valence-corrected chi connectivity index (χ0v) is 17.8. The monoisotopic (exact) mass is 442 g/mol. The molecule has 1 fully saturated rings. The van der Waals surface area contributed by atoms with Crippen molar-refractivity contribution in [3.63, 3.8) is 0 Å². The number of nitrogens with one attached hydrogen (secondary N) is 1. The lowest BCUT2D eigenvalue weighted by Gasteiger charge is -2.31. The van der Waals surface area contributed by atoms with Crippen LogP contribution in [0.5, 0.6) is 0 Å². The minimum absolute atomic E-state index is 0.0391. The molecule has 0 aliphatic heterocycles. The summed E-state index contributed by atoms with van der Waals surface area (Å²) in [5.74, 6) is -4.20. The zero-order chi connectivity index (χ0) is 22.9. The highest BCUT2D eigenvalue weighted by molar-refractivity contribution is 6.07. The van der Waals surface area contributed by atoms with E-state index in [4.69, 9.17) is 0 Å². The summed E-state index contributed by atoms with van der Waals surface area (Å²) in [5.41, 5.74) is 2.02. The van der Waals surface area contributed by atoms with Crippen molar-refractivity contribution in [2.45, 2.75) is 57.5 Å². The van der Waals surface area contributed by atoms with Crippen molar-refractivity contribution in [1.82, 2.24) is 9.88 Å². The molecule has 1 atom stereocenters. The molecule has 168 valence electrons. The summed E-state index contributed by atoms with van der Waals surface area (Å²) >= 11 is 0. The molecule has 1 unspecified atom stereocenters. The molecule has 4 nitrogen and oxygen atoms in total. The molecule has 1 saturated carbocycles. The number of benzene rings is 2. The maximum atomic E-state index is 14.7. The number of carbonyl (C=O) groups excluding carboxylic acids is 2. The van der Waals surface area contributed by atoms with Gasteiger partial charge in [-0.15, -0.1) is 0 Å². The van der Waals surface area contributed by atoms with Gasteiger partial charge in [-0.2, -0.15) is 0 Å². The van der Waals surface area contributed by atoms with E-state index in [0.29, 0.717) is 36.9 Å². The molecule has 2 aromatic carbocycles. The van der Waals surface area contributed by atoms with Crippen LogP contribution in [0.4, 0.5) is 13.2 Å². The molecule has 1 aliphatic rings. The Hall–Kier alpha value is -3.09. The van der Waals surface area contributed by atoms with Gasteiger partial charge in [-0.3, -0.25) is 9.59 Å². The van der Waals surface area contributed by atoms with Crippen LogP contribution < -0.4 is 5.32 Å². The van der Waals surface area contributed by atoms with Gasteiger partial charge in [-0.05, 0) is 30.5 Å². The predicted octanol–water partition coefficient (Wildman–Crippen LogP) is 5.73. The number of rotatable bonds is 6. The van der Waals surface area contributed by atoms with Crippen LogP contribution in [0.25, 0.3) is 10.9 Å². The lowest BCUT2D eigenvalue weighted by Crippen LogP contribution is -2.49. The third kappa shape index (κ3) is 4.29. The molecule has 0 saturated heterocycles. The van der Waals surface area contributed by atoms with E-state index >= 15 is 0 Å². The van der Waals surface area contributed by atoms with Gasteiger partial charge < -0.3 is 9.88 Å². The topological polar surface area (TPSA) is 51.1 Å². The van der Waals surface area contributed by atoms with E-state index in [1.54, 1.807) is 35.8 Å². The van der Waals surface area contributed by atoms with Crippen molar-refractivity contribution in [2.75, 3.05) is 0 Å². The quantitative estimate of drug-likeness (QED) is 0.496. The Morgan fingerprint density at radius 2 is 1.88 bits per heavy atom. The molecule has 3 aromatic rings. The molecule has 32 heavy (non-hydrogen) atoms. The van der Waals surface area contributed by atoms with Crippen molar-refractivity contribution in [2.24, 2.45) is 0 Å². The Kier molecular flexibility index (Phi) is 6.09. The first-order valence-electron chi connectivity index (χ1n) is 10.9. The SMILES string of the molecule is CCC(=O)c1ccc(Cn2cc(C(=O)NC3CCCCC3(F)F)c3c(F)cccc32)cc1. The van der Waals surface area contributed by atoms with E-state index < -0.39 is 23.7 Å². The number of carbonyl (C=O) groups is 2. The van der Waals surface area contributed by atoms with Crippen LogP contribution in [0, 0.1) is 5.82 Å². The van der Waals surface area contributed by atoms with Crippen molar-refractivity contribution in [3.05, 3.63) is 71.2 Å². The molecule has 0 radical (unpaired) electrons. The molecular formula is C25H25F3N2O2. The van der Waals surface area contributed by atoms with Gasteiger partial charge in [0.05, 0.1) is 17.1 Å². The summed E-state index contributed by atoms with van der Waals surface area (Å²) in [6, 6.07) is 10.4. The van der Waals surface area contributed by atoms with E-state index in [9.17, 15) is 22.8 Å². The van der Waals surface area contributed by atoms with Crippen molar-refractivity contribution >= 4 is 22.6 Å². The zero-order valence-electron chi connectivity index (χ0n) is 17.8. The van der Waals surface area contributed by atoms with Crippen LogP contribution in [-0.4, -0.2) is 28.2 Å². The summed E-state index contributed by atoms with van der Waals surface area (Å²) in [6.07, 6.45) is 2.91. The van der Waals surface area contributed by atoms with E-state index in [1.165, 1.54) is 12.3 Å². The van der Waals surface area contributed by atoms with E-state index in [0.717, 1.165) is 5.56 Å². The van der Waals surface area contributed by atoms with Gasteiger partial charge in [-0.1, -0.05) is 43.7 Å². The number of Topliss-reactive ketones (excluding diaryl/α,β-unsaturated/α-hetero) is 1. The van der Waals surface area contributed by atoms with Crippen LogP contribution in [0.15, 0.2) is 48.7 Å². The normalized spacial score (nSPS) is 17.9. The highest BCUT2D eigenvalue weighted by atomic mass is 19.3. The van der Waals surface area contributed by atoms with Gasteiger partial charge in [-0.25, -0.2) is 13.2 Å². The fraction of sp³-hybridized carbons (Fsp3) is 0.360. The van der Waals surface area contributed by atoms with Gasteiger partial charge in [0.15, 0.2) is 5.78 Å². The number of halogens is 3. The molecule has 0 bridgehead atoms. The number of ketones is 1. The van der Waals surface area contributed by atoms with Gasteiger partial charge in [0.2, 0.25) is 0 Å². The summed E-state index contributed by atoms with van der Waals surface area (Å²) in [6.45, 7) is 2.14. The first-order chi connectivity index (χ1) is 15.3. The lowest BCUT2D eigenvalue weighted by atomic mass is 9.91. The van der Waals surface area contributed by atoms with Gasteiger partial charge in [0.1, 0.15) is 5.82 Å². The number of fused-ring (bicyclic) bond motifs is 1. The first-order valence-corrected chi connectivity index (χ1v) is 10.9. The van der Waals surface area contributed by atoms with Crippen LogP contribution in [0.2, 0.25) is 0 Å². The van der Waals surface area contributed by atoms with E-state index in [-0.39, 0.29) is 29.6 Å². The van der Waals surface area contributed by atoms with Crippen LogP contribution in [-0.2, 0) is 6.54 Å². The minimum atomic E-state index is -2.97. The number of hydrogen-bond donors (Lipinski definition) is 1. The fourth-order valence-corrected chi connectivity index (χ4v) is 4.32. The Bertz CT molecular complexity index is 1150. The van der Waals surface area contributed by atoms with Gasteiger partial charge in [0.25, 0.3) is 11.8 Å². The third-order valence-electron chi connectivity index (χ3n) is 6.12. The molecule has 1 aromatic heterocycles. The summed E-state index contributed by atoms with van der Waals surface area (Å²) < 4.78 is 44.9. The molecule has 7 heteroatoms. The Labute approximate surface area is 184 Å². The molecule has 1 heterocycles. The third-order valence-corrected chi connectivity index (χ3v) is 6.12. The second-order valence-corrected chi connectivity index (χ2v) is 8.31. The Morgan fingerprint density at radius 3 is 2.56 bits per heavy atom. The van der Waals surface area contributed by atoms with Crippen molar-refractivity contribution in [1.29, 1.82) is 0 Å². The number of hydrogen-bond acceptors (Lipinski definition) is 2. The standard InChI is InChI=1S/C25H25F3N2O2/c1-2-21(31)17-11-9-16(10-12-17)14-30-15-18(23-19(26)6-5-7-20(23)30)24(32)29-22-8-3-4-13-25(22,27)28/h5-7,9-12,15,22H,2-4,8,13-14H2,1H3,(H,29,32). The average molecular weight is 442 g/mol. The highest BCUT2D eigenvalue weighted by Gasteiger charge is 2.42. The number of alkyl halides is 2. The largest absolute Gasteiger partial charge is 0.343 e. The van der Waals surface area contributed by atoms with E-state index in [1.807, 2.05) is 12.1 Å². The fourth-order valence-electron chi connectivity index (χ4n) is 4.32. The lowest BCUT2D eigenvalue weighted by molar-refractivity contribution is -0.0609. The van der Waals surface area contributed by atoms with Gasteiger partial charge >= 0.3 is 0 Å². The molecular weight excluding hydrogens is 417 g/mol. The Balaban J connectivity index is 1.64.